The number of carbonyl (C=O) groups is 1. The van der Waals surface area contributed by atoms with Gasteiger partial charge in [-0.3, -0.25) is 4.79 Å². The first-order valence-corrected chi connectivity index (χ1v) is 8.48. The van der Waals surface area contributed by atoms with Gasteiger partial charge in [0, 0.05) is 0 Å². The van der Waals surface area contributed by atoms with Gasteiger partial charge in [0.05, 0.1) is 5.92 Å². The first-order valence-electron chi connectivity index (χ1n) is 8.48. The normalized spacial score (nSPS) is 35.2. The third-order valence-electron chi connectivity index (χ3n) is 4.86. The van der Waals surface area contributed by atoms with E-state index < -0.39 is 0 Å². The van der Waals surface area contributed by atoms with Crippen LogP contribution in [0.25, 0.3) is 0 Å². The van der Waals surface area contributed by atoms with Crippen LogP contribution in [0, 0.1) is 11.8 Å². The number of ether oxygens (including phenoxy) is 1. The maximum Gasteiger partial charge on any atom is 0.313 e. The van der Waals surface area contributed by atoms with Crippen molar-refractivity contribution in [3.05, 3.63) is 0 Å². The van der Waals surface area contributed by atoms with E-state index in [1.807, 2.05) is 0 Å². The highest BCUT2D eigenvalue weighted by molar-refractivity contribution is 5.78. The highest BCUT2D eigenvalue weighted by Gasteiger charge is 2.41. The minimum absolute atomic E-state index is 0.0705. The van der Waals surface area contributed by atoms with Crippen molar-refractivity contribution in [2.45, 2.75) is 90.1 Å². The average Bonchev–Trinajstić information content (AvgIpc) is 2.40. The summed E-state index contributed by atoms with van der Waals surface area (Å²) in [5.41, 5.74) is 0. The highest BCUT2D eigenvalue weighted by atomic mass is 16.6. The molecule has 3 unspecified atom stereocenters. The van der Waals surface area contributed by atoms with Crippen molar-refractivity contribution in [3.63, 3.8) is 0 Å². The van der Waals surface area contributed by atoms with Gasteiger partial charge in [0.15, 0.2) is 0 Å². The molecule has 3 atom stereocenters. The minimum Gasteiger partial charge on any atom is -0.461 e. The van der Waals surface area contributed by atoms with Crippen LogP contribution in [0.1, 0.15) is 84.0 Å². The lowest BCUT2D eigenvalue weighted by Gasteiger charge is -2.36. The zero-order valence-corrected chi connectivity index (χ0v) is 12.5. The van der Waals surface area contributed by atoms with Gasteiger partial charge in [-0.1, -0.05) is 64.7 Å². The molecule has 19 heavy (non-hydrogen) atoms. The summed E-state index contributed by atoms with van der Waals surface area (Å²) in [4.78, 5) is 11.6. The van der Waals surface area contributed by atoms with Crippen LogP contribution in [0.3, 0.4) is 0 Å². The van der Waals surface area contributed by atoms with Crippen LogP contribution in [0.5, 0.6) is 0 Å². The van der Waals surface area contributed by atoms with Crippen LogP contribution in [0.4, 0.5) is 0 Å². The Morgan fingerprint density at radius 3 is 1.95 bits per heavy atom. The van der Waals surface area contributed by atoms with Gasteiger partial charge in [-0.2, -0.15) is 0 Å². The lowest BCUT2D eigenvalue weighted by atomic mass is 9.83. The monoisotopic (exact) mass is 266 g/mol. The van der Waals surface area contributed by atoms with Gasteiger partial charge in [-0.05, 0) is 25.2 Å². The van der Waals surface area contributed by atoms with Crippen molar-refractivity contribution in [1.29, 1.82) is 0 Å². The molecule has 1 saturated carbocycles. The van der Waals surface area contributed by atoms with Crippen LogP contribution in [0.15, 0.2) is 0 Å². The number of fused-ring (bicyclic) bond motifs is 1. The molecule has 0 aromatic carbocycles. The molecule has 0 aromatic rings. The predicted octanol–water partition coefficient (Wildman–Crippen LogP) is 4.86. The fraction of sp³-hybridized carbons (Fsp3) is 0.941. The standard InChI is InChI=1S/C17H30O2/c1-14-11-9-7-5-3-2-4-6-8-10-12-16-15(13-14)17(18)19-16/h14-16H,2-13H2,1H3. The van der Waals surface area contributed by atoms with E-state index in [1.54, 1.807) is 0 Å². The smallest absolute Gasteiger partial charge is 0.313 e. The van der Waals surface area contributed by atoms with Crippen molar-refractivity contribution in [3.8, 4) is 0 Å². The molecule has 1 heterocycles. The quantitative estimate of drug-likeness (QED) is 0.585. The molecule has 2 fully saturated rings. The van der Waals surface area contributed by atoms with E-state index in [0.717, 1.165) is 12.8 Å². The summed E-state index contributed by atoms with van der Waals surface area (Å²) in [6.07, 6.45) is 16.0. The zero-order valence-electron chi connectivity index (χ0n) is 12.5. The lowest BCUT2D eigenvalue weighted by Crippen LogP contribution is -2.45. The second-order valence-corrected chi connectivity index (χ2v) is 6.68. The third kappa shape index (κ3) is 4.81. The number of hydrogen-bond donors (Lipinski definition) is 0. The Morgan fingerprint density at radius 2 is 1.37 bits per heavy atom. The molecule has 2 rings (SSSR count). The SMILES string of the molecule is CC1CCCCCCCCCCCC2OC(=O)C2C1. The number of carbonyl (C=O) groups excluding carboxylic acids is 1. The molecule has 1 aliphatic carbocycles. The number of hydrogen-bond acceptors (Lipinski definition) is 2. The zero-order chi connectivity index (χ0) is 13.5. The topological polar surface area (TPSA) is 26.3 Å². The molecule has 0 spiro atoms. The summed E-state index contributed by atoms with van der Waals surface area (Å²) in [7, 11) is 0. The highest BCUT2D eigenvalue weighted by Crippen LogP contribution is 2.33. The van der Waals surface area contributed by atoms with Crippen molar-refractivity contribution in [2.75, 3.05) is 0 Å². The van der Waals surface area contributed by atoms with Gasteiger partial charge in [0.2, 0.25) is 0 Å². The predicted molar refractivity (Wildman–Crippen MR) is 77.9 cm³/mol. The number of rotatable bonds is 0. The molecule has 0 radical (unpaired) electrons. The molecule has 110 valence electrons. The maximum absolute atomic E-state index is 11.6. The van der Waals surface area contributed by atoms with Gasteiger partial charge in [0.25, 0.3) is 0 Å². The lowest BCUT2D eigenvalue weighted by molar-refractivity contribution is -0.187. The molecule has 0 amide bonds. The Labute approximate surface area is 118 Å². The Bertz CT molecular complexity index is 274. The summed E-state index contributed by atoms with van der Waals surface area (Å²) in [5.74, 6) is 0.978. The summed E-state index contributed by atoms with van der Waals surface area (Å²) >= 11 is 0. The van der Waals surface area contributed by atoms with E-state index >= 15 is 0 Å². The summed E-state index contributed by atoms with van der Waals surface area (Å²) in [6, 6.07) is 0. The third-order valence-corrected chi connectivity index (χ3v) is 4.86. The van der Waals surface area contributed by atoms with Gasteiger partial charge >= 0.3 is 5.97 Å². The van der Waals surface area contributed by atoms with E-state index in [2.05, 4.69) is 6.92 Å². The second kappa shape index (κ2) is 7.91. The fourth-order valence-corrected chi connectivity index (χ4v) is 3.53. The molecule has 1 aliphatic heterocycles. The Balaban J connectivity index is 1.79. The van der Waals surface area contributed by atoms with Crippen molar-refractivity contribution in [2.24, 2.45) is 11.8 Å². The van der Waals surface area contributed by atoms with Crippen molar-refractivity contribution < 1.29 is 9.53 Å². The van der Waals surface area contributed by atoms with Gasteiger partial charge in [-0.15, -0.1) is 0 Å². The van der Waals surface area contributed by atoms with E-state index in [1.165, 1.54) is 64.2 Å². The van der Waals surface area contributed by atoms with E-state index in [9.17, 15) is 4.79 Å². The maximum atomic E-state index is 11.6. The van der Waals surface area contributed by atoms with Crippen LogP contribution < -0.4 is 0 Å². The molecule has 0 N–H and O–H groups in total. The van der Waals surface area contributed by atoms with Crippen molar-refractivity contribution >= 4 is 5.97 Å². The molecule has 0 bridgehead atoms. The fourth-order valence-electron chi connectivity index (χ4n) is 3.53. The Hall–Kier alpha value is -0.530. The van der Waals surface area contributed by atoms with Crippen LogP contribution in [-0.4, -0.2) is 12.1 Å². The molecule has 1 saturated heterocycles. The first kappa shape index (κ1) is 14.9. The molecule has 2 heteroatoms. The van der Waals surface area contributed by atoms with Gasteiger partial charge in [-0.25, -0.2) is 0 Å². The Morgan fingerprint density at radius 1 is 0.842 bits per heavy atom. The molecule has 0 aromatic heterocycles. The molecular formula is C17H30O2. The second-order valence-electron chi connectivity index (χ2n) is 6.68. The largest absolute Gasteiger partial charge is 0.461 e. The first-order chi connectivity index (χ1) is 9.27. The summed E-state index contributed by atoms with van der Waals surface area (Å²) < 4.78 is 5.34. The van der Waals surface area contributed by atoms with Gasteiger partial charge in [0.1, 0.15) is 6.10 Å². The summed E-state index contributed by atoms with van der Waals surface area (Å²) in [6.45, 7) is 2.31. The summed E-state index contributed by atoms with van der Waals surface area (Å²) in [5, 5.41) is 0. The van der Waals surface area contributed by atoms with E-state index in [4.69, 9.17) is 4.74 Å². The molecular weight excluding hydrogens is 236 g/mol. The van der Waals surface area contributed by atoms with Crippen molar-refractivity contribution in [1.82, 2.24) is 0 Å². The average molecular weight is 266 g/mol. The molecule has 2 aliphatic rings. The van der Waals surface area contributed by atoms with Gasteiger partial charge < -0.3 is 4.74 Å². The van der Waals surface area contributed by atoms with Crippen LogP contribution in [-0.2, 0) is 9.53 Å². The number of esters is 1. The van der Waals surface area contributed by atoms with Crippen LogP contribution >= 0.6 is 0 Å². The van der Waals surface area contributed by atoms with Crippen LogP contribution in [0.2, 0.25) is 0 Å². The minimum atomic E-state index is 0.0705. The van der Waals surface area contributed by atoms with E-state index in [-0.39, 0.29) is 18.0 Å². The Kier molecular flexibility index (Phi) is 6.19. The molecule has 2 nitrogen and oxygen atoms in total. The van der Waals surface area contributed by atoms with E-state index in [0.29, 0.717) is 5.92 Å².